The van der Waals surface area contributed by atoms with Gasteiger partial charge < -0.3 is 14.5 Å². The monoisotopic (exact) mass is 338 g/mol. The first-order chi connectivity index (χ1) is 12.2. The van der Waals surface area contributed by atoms with E-state index in [0.29, 0.717) is 38.2 Å². The molecule has 1 heterocycles. The lowest BCUT2D eigenvalue weighted by Gasteiger charge is -2.35. The quantitative estimate of drug-likeness (QED) is 0.859. The van der Waals surface area contributed by atoms with Crippen molar-refractivity contribution in [1.82, 2.24) is 9.80 Å². The summed E-state index contributed by atoms with van der Waals surface area (Å²) < 4.78 is 5.11. The van der Waals surface area contributed by atoms with E-state index in [1.807, 2.05) is 35.2 Å². The molecule has 0 saturated carbocycles. The smallest absolute Gasteiger partial charge is 0.253 e. The van der Waals surface area contributed by atoms with E-state index in [0.717, 1.165) is 11.3 Å². The lowest BCUT2D eigenvalue weighted by Crippen LogP contribution is -2.51. The van der Waals surface area contributed by atoms with Crippen molar-refractivity contribution in [3.63, 3.8) is 0 Å². The number of rotatable bonds is 4. The lowest BCUT2D eigenvalue weighted by atomic mass is 10.1. The molecule has 0 N–H and O–H groups in total. The van der Waals surface area contributed by atoms with Gasteiger partial charge in [-0.05, 0) is 29.8 Å². The molecule has 0 bridgehead atoms. The number of ether oxygens (including phenoxy) is 1. The molecule has 0 spiro atoms. The Bertz CT molecular complexity index is 720. The molecule has 0 aliphatic carbocycles. The number of carbonyl (C=O) groups excluding carboxylic acids is 2. The van der Waals surface area contributed by atoms with Gasteiger partial charge in [0.05, 0.1) is 13.5 Å². The maximum absolute atomic E-state index is 12.5. The topological polar surface area (TPSA) is 49.9 Å². The normalized spacial score (nSPS) is 14.3. The maximum Gasteiger partial charge on any atom is 0.253 e. The van der Waals surface area contributed by atoms with Gasteiger partial charge in [-0.1, -0.05) is 30.3 Å². The highest BCUT2D eigenvalue weighted by Crippen LogP contribution is 2.15. The summed E-state index contributed by atoms with van der Waals surface area (Å²) in [5.41, 5.74) is 1.66. The van der Waals surface area contributed by atoms with Crippen LogP contribution in [0.3, 0.4) is 0 Å². The summed E-state index contributed by atoms with van der Waals surface area (Å²) in [5.74, 6) is 0.841. The van der Waals surface area contributed by atoms with Gasteiger partial charge in [-0.2, -0.15) is 0 Å². The zero-order chi connectivity index (χ0) is 17.6. The summed E-state index contributed by atoms with van der Waals surface area (Å²) >= 11 is 0. The fourth-order valence-electron chi connectivity index (χ4n) is 2.96. The van der Waals surface area contributed by atoms with Crippen LogP contribution in [-0.4, -0.2) is 54.9 Å². The highest BCUT2D eigenvalue weighted by Gasteiger charge is 2.24. The van der Waals surface area contributed by atoms with E-state index in [1.54, 1.807) is 36.3 Å². The van der Waals surface area contributed by atoms with Crippen LogP contribution in [0.15, 0.2) is 54.6 Å². The second-order valence-corrected chi connectivity index (χ2v) is 6.06. The van der Waals surface area contributed by atoms with Gasteiger partial charge in [0, 0.05) is 31.7 Å². The largest absolute Gasteiger partial charge is 0.497 e. The zero-order valence-electron chi connectivity index (χ0n) is 14.4. The second-order valence-electron chi connectivity index (χ2n) is 6.06. The molecule has 0 radical (unpaired) electrons. The third kappa shape index (κ3) is 4.18. The van der Waals surface area contributed by atoms with Crippen molar-refractivity contribution in [3.05, 3.63) is 65.7 Å². The van der Waals surface area contributed by atoms with Crippen molar-refractivity contribution >= 4 is 11.8 Å². The van der Waals surface area contributed by atoms with Gasteiger partial charge in [-0.3, -0.25) is 9.59 Å². The summed E-state index contributed by atoms with van der Waals surface area (Å²) in [5, 5.41) is 0. The Balaban J connectivity index is 1.54. The fraction of sp³-hybridized carbons (Fsp3) is 0.300. The Hall–Kier alpha value is -2.82. The predicted molar refractivity (Wildman–Crippen MR) is 95.6 cm³/mol. The molecule has 1 aliphatic rings. The third-order valence-electron chi connectivity index (χ3n) is 4.45. The molecule has 5 heteroatoms. The highest BCUT2D eigenvalue weighted by atomic mass is 16.5. The number of piperazine rings is 1. The van der Waals surface area contributed by atoms with Crippen LogP contribution in [0, 0.1) is 0 Å². The van der Waals surface area contributed by atoms with Crippen molar-refractivity contribution in [2.75, 3.05) is 33.3 Å². The molecule has 2 aromatic rings. The molecule has 1 aliphatic heterocycles. The molecule has 2 amide bonds. The molecular formula is C20H22N2O3. The molecule has 5 nitrogen and oxygen atoms in total. The van der Waals surface area contributed by atoms with Gasteiger partial charge in [0.2, 0.25) is 5.91 Å². The van der Waals surface area contributed by atoms with E-state index in [4.69, 9.17) is 4.74 Å². The number of benzene rings is 2. The van der Waals surface area contributed by atoms with Crippen LogP contribution in [-0.2, 0) is 11.2 Å². The van der Waals surface area contributed by atoms with Crippen LogP contribution in [0.1, 0.15) is 15.9 Å². The molecular weight excluding hydrogens is 316 g/mol. The summed E-state index contributed by atoms with van der Waals surface area (Å²) in [6, 6.07) is 16.9. The van der Waals surface area contributed by atoms with E-state index < -0.39 is 0 Å². The van der Waals surface area contributed by atoms with Gasteiger partial charge >= 0.3 is 0 Å². The maximum atomic E-state index is 12.5. The van der Waals surface area contributed by atoms with E-state index in [9.17, 15) is 9.59 Å². The first-order valence-corrected chi connectivity index (χ1v) is 8.42. The van der Waals surface area contributed by atoms with Gasteiger partial charge in [-0.15, -0.1) is 0 Å². The SMILES string of the molecule is COc1ccc(C(=O)N2CCN(C(=O)Cc3ccccc3)CC2)cc1. The number of carbonyl (C=O) groups is 2. The number of methoxy groups -OCH3 is 1. The van der Waals surface area contributed by atoms with Crippen LogP contribution in [0.2, 0.25) is 0 Å². The summed E-state index contributed by atoms with van der Waals surface area (Å²) in [6.07, 6.45) is 0.410. The molecule has 0 atom stereocenters. The van der Waals surface area contributed by atoms with Gasteiger partial charge in [-0.25, -0.2) is 0 Å². The number of hydrogen-bond acceptors (Lipinski definition) is 3. The Morgan fingerprint density at radius 1 is 0.880 bits per heavy atom. The highest BCUT2D eigenvalue weighted by molar-refractivity contribution is 5.94. The Labute approximate surface area is 147 Å². The van der Waals surface area contributed by atoms with Crippen molar-refractivity contribution in [3.8, 4) is 5.75 Å². The fourth-order valence-corrected chi connectivity index (χ4v) is 2.96. The third-order valence-corrected chi connectivity index (χ3v) is 4.45. The van der Waals surface area contributed by atoms with Gasteiger partial charge in [0.25, 0.3) is 5.91 Å². The minimum Gasteiger partial charge on any atom is -0.497 e. The Morgan fingerprint density at radius 2 is 1.48 bits per heavy atom. The molecule has 25 heavy (non-hydrogen) atoms. The van der Waals surface area contributed by atoms with Crippen LogP contribution in [0.5, 0.6) is 5.75 Å². The zero-order valence-corrected chi connectivity index (χ0v) is 14.4. The summed E-state index contributed by atoms with van der Waals surface area (Å²) in [4.78, 5) is 28.6. The first-order valence-electron chi connectivity index (χ1n) is 8.42. The Morgan fingerprint density at radius 3 is 2.08 bits per heavy atom. The molecule has 3 rings (SSSR count). The van der Waals surface area contributed by atoms with Gasteiger partial charge in [0.15, 0.2) is 0 Å². The van der Waals surface area contributed by atoms with Crippen LogP contribution < -0.4 is 4.74 Å². The van der Waals surface area contributed by atoms with Crippen LogP contribution in [0.25, 0.3) is 0 Å². The predicted octanol–water partition coefficient (Wildman–Crippen LogP) is 2.22. The Kier molecular flexibility index (Phi) is 5.33. The standard InChI is InChI=1S/C20H22N2O3/c1-25-18-9-7-17(8-10-18)20(24)22-13-11-21(12-14-22)19(23)15-16-5-3-2-4-6-16/h2-10H,11-15H2,1H3. The summed E-state index contributed by atoms with van der Waals surface area (Å²) in [7, 11) is 1.60. The van der Waals surface area contributed by atoms with Crippen molar-refractivity contribution < 1.29 is 14.3 Å². The number of hydrogen-bond donors (Lipinski definition) is 0. The van der Waals surface area contributed by atoms with Crippen molar-refractivity contribution in [2.24, 2.45) is 0 Å². The van der Waals surface area contributed by atoms with Crippen molar-refractivity contribution in [1.29, 1.82) is 0 Å². The molecule has 1 fully saturated rings. The second kappa shape index (κ2) is 7.83. The molecule has 0 aromatic heterocycles. The van der Waals surface area contributed by atoms with Crippen LogP contribution in [0.4, 0.5) is 0 Å². The lowest BCUT2D eigenvalue weighted by molar-refractivity contribution is -0.131. The molecule has 2 aromatic carbocycles. The first kappa shape index (κ1) is 17.0. The van der Waals surface area contributed by atoms with E-state index in [2.05, 4.69) is 0 Å². The minimum absolute atomic E-state index is 0.00203. The van der Waals surface area contributed by atoms with Crippen molar-refractivity contribution in [2.45, 2.75) is 6.42 Å². The molecule has 1 saturated heterocycles. The number of amides is 2. The van der Waals surface area contributed by atoms with Gasteiger partial charge in [0.1, 0.15) is 5.75 Å². The van der Waals surface area contributed by atoms with E-state index >= 15 is 0 Å². The molecule has 130 valence electrons. The number of nitrogens with zero attached hydrogens (tertiary/aromatic N) is 2. The molecule has 0 unspecified atom stereocenters. The van der Waals surface area contributed by atoms with E-state index in [1.165, 1.54) is 0 Å². The average Bonchev–Trinajstić information content (AvgIpc) is 2.68. The minimum atomic E-state index is -0.00203. The average molecular weight is 338 g/mol. The van der Waals surface area contributed by atoms with E-state index in [-0.39, 0.29) is 11.8 Å². The summed E-state index contributed by atoms with van der Waals surface area (Å²) in [6.45, 7) is 2.28. The van der Waals surface area contributed by atoms with Crippen LogP contribution >= 0.6 is 0 Å².